The van der Waals surface area contributed by atoms with E-state index in [1.165, 1.54) is 0 Å². The zero-order valence-corrected chi connectivity index (χ0v) is 18.2. The van der Waals surface area contributed by atoms with E-state index in [2.05, 4.69) is 16.1 Å². The molecule has 4 rings (SSSR count). The lowest BCUT2D eigenvalue weighted by molar-refractivity contribution is 0.0746. The molecular weight excluding hydrogens is 394 g/mol. The van der Waals surface area contributed by atoms with Gasteiger partial charge in [0.2, 0.25) is 5.95 Å². The Morgan fingerprint density at radius 3 is 2.55 bits per heavy atom. The van der Waals surface area contributed by atoms with Crippen molar-refractivity contribution in [1.29, 1.82) is 5.26 Å². The molecule has 0 N–H and O–H groups in total. The van der Waals surface area contributed by atoms with Crippen molar-refractivity contribution in [2.75, 3.05) is 31.1 Å². The lowest BCUT2D eigenvalue weighted by Gasteiger charge is -2.36. The first-order valence-electron chi connectivity index (χ1n) is 10.3. The highest BCUT2D eigenvalue weighted by molar-refractivity contribution is 5.94. The van der Waals surface area contributed by atoms with Gasteiger partial charge in [0.05, 0.1) is 17.3 Å². The Bertz CT molecular complexity index is 1260. The van der Waals surface area contributed by atoms with Crippen molar-refractivity contribution >= 4 is 22.9 Å². The second-order valence-electron chi connectivity index (χ2n) is 8.06. The van der Waals surface area contributed by atoms with E-state index in [4.69, 9.17) is 10.2 Å². The Balaban J connectivity index is 1.62. The minimum Gasteiger partial charge on any atom is -0.339 e. The van der Waals surface area contributed by atoms with Crippen molar-refractivity contribution in [3.8, 4) is 6.07 Å². The Labute approximate surface area is 180 Å². The number of nitriles is 1. The summed E-state index contributed by atoms with van der Waals surface area (Å²) in [7, 11) is 1.76. The number of carbonyl (C=O) groups is 1. The summed E-state index contributed by atoms with van der Waals surface area (Å²) in [6, 6.07) is 8.75. The van der Waals surface area contributed by atoms with Gasteiger partial charge in [0.15, 0.2) is 5.52 Å². The highest BCUT2D eigenvalue weighted by atomic mass is 16.2. The number of anilines is 1. The lowest BCUT2D eigenvalue weighted by Crippen LogP contribution is -2.50. The van der Waals surface area contributed by atoms with E-state index in [1.807, 2.05) is 20.8 Å². The molecule has 0 spiro atoms. The third kappa shape index (κ3) is 3.54. The molecule has 9 nitrogen and oxygen atoms in total. The Morgan fingerprint density at radius 1 is 1.19 bits per heavy atom. The van der Waals surface area contributed by atoms with Crippen LogP contribution in [0.2, 0.25) is 0 Å². The smallest absolute Gasteiger partial charge is 0.281 e. The standard InChI is InChI=1S/C22H25N7O2/c1-14(2)29-21(31)19-18(15(3)25-26(19)4)24-22(29)28-10-8-27(9-11-28)20(30)17-7-5-6-16(12-17)13-23/h5-7,12,14H,8-11H2,1-4H3. The van der Waals surface area contributed by atoms with Crippen molar-refractivity contribution in [3.63, 3.8) is 0 Å². The average Bonchev–Trinajstić information content (AvgIpc) is 3.06. The fourth-order valence-electron chi connectivity index (χ4n) is 4.08. The number of piperazine rings is 1. The number of benzene rings is 1. The third-order valence-electron chi connectivity index (χ3n) is 5.64. The summed E-state index contributed by atoms with van der Waals surface area (Å²) in [4.78, 5) is 34.8. The van der Waals surface area contributed by atoms with Gasteiger partial charge in [-0.3, -0.25) is 18.8 Å². The van der Waals surface area contributed by atoms with Gasteiger partial charge >= 0.3 is 0 Å². The monoisotopic (exact) mass is 419 g/mol. The molecule has 31 heavy (non-hydrogen) atoms. The predicted octanol–water partition coefficient (Wildman–Crippen LogP) is 1.85. The number of rotatable bonds is 3. The molecule has 0 radical (unpaired) electrons. The van der Waals surface area contributed by atoms with Crippen LogP contribution in [0.1, 0.15) is 41.5 Å². The molecule has 9 heteroatoms. The van der Waals surface area contributed by atoms with E-state index in [0.717, 1.165) is 5.69 Å². The zero-order chi connectivity index (χ0) is 22.3. The summed E-state index contributed by atoms with van der Waals surface area (Å²) < 4.78 is 3.30. The molecule has 1 aliphatic rings. The first-order chi connectivity index (χ1) is 14.8. The molecule has 3 aromatic rings. The Hall–Kier alpha value is -3.67. The minimum atomic E-state index is -0.107. The summed E-state index contributed by atoms with van der Waals surface area (Å²) in [5.41, 5.74) is 2.71. The molecule has 0 aliphatic carbocycles. The SMILES string of the molecule is Cc1nn(C)c2c(=O)n(C(C)C)c(N3CCN(C(=O)c4cccc(C#N)c4)CC3)nc12. The average molecular weight is 419 g/mol. The van der Waals surface area contributed by atoms with Crippen molar-refractivity contribution in [2.24, 2.45) is 7.05 Å². The molecule has 0 atom stereocenters. The van der Waals surface area contributed by atoms with E-state index in [1.54, 1.807) is 45.5 Å². The van der Waals surface area contributed by atoms with Crippen molar-refractivity contribution in [3.05, 3.63) is 51.4 Å². The van der Waals surface area contributed by atoms with Crippen LogP contribution in [0.5, 0.6) is 0 Å². The summed E-state index contributed by atoms with van der Waals surface area (Å²) in [6.45, 7) is 7.92. The molecule has 160 valence electrons. The van der Waals surface area contributed by atoms with Crippen LogP contribution in [0.25, 0.3) is 11.0 Å². The highest BCUT2D eigenvalue weighted by Gasteiger charge is 2.27. The lowest BCUT2D eigenvalue weighted by atomic mass is 10.1. The molecule has 0 unspecified atom stereocenters. The number of hydrogen-bond donors (Lipinski definition) is 0. The van der Waals surface area contributed by atoms with Crippen LogP contribution < -0.4 is 10.5 Å². The van der Waals surface area contributed by atoms with E-state index in [-0.39, 0.29) is 17.5 Å². The van der Waals surface area contributed by atoms with E-state index in [0.29, 0.717) is 54.3 Å². The molecule has 2 aromatic heterocycles. The van der Waals surface area contributed by atoms with Gasteiger partial charge in [-0.1, -0.05) is 6.07 Å². The maximum Gasteiger partial charge on any atom is 0.281 e. The molecule has 1 saturated heterocycles. The highest BCUT2D eigenvalue weighted by Crippen LogP contribution is 2.22. The summed E-state index contributed by atoms with van der Waals surface area (Å²) >= 11 is 0. The van der Waals surface area contributed by atoms with Gasteiger partial charge in [-0.2, -0.15) is 10.4 Å². The first-order valence-corrected chi connectivity index (χ1v) is 10.3. The minimum absolute atomic E-state index is 0.0667. The number of nitrogens with zero attached hydrogens (tertiary/aromatic N) is 7. The van der Waals surface area contributed by atoms with Gasteiger partial charge in [-0.15, -0.1) is 0 Å². The van der Waals surface area contributed by atoms with Gasteiger partial charge < -0.3 is 9.80 Å². The number of fused-ring (bicyclic) bond motifs is 1. The fourth-order valence-corrected chi connectivity index (χ4v) is 4.08. The normalized spacial score (nSPS) is 14.3. The second kappa shape index (κ2) is 7.87. The number of amides is 1. The van der Waals surface area contributed by atoms with Gasteiger partial charge in [-0.05, 0) is 39.0 Å². The maximum atomic E-state index is 13.2. The van der Waals surface area contributed by atoms with Crippen LogP contribution in [0.15, 0.2) is 29.1 Å². The number of aryl methyl sites for hydroxylation is 2. The van der Waals surface area contributed by atoms with Crippen molar-refractivity contribution in [1.82, 2.24) is 24.2 Å². The number of hydrogen-bond acceptors (Lipinski definition) is 6. The van der Waals surface area contributed by atoms with E-state index >= 15 is 0 Å². The van der Waals surface area contributed by atoms with Gasteiger partial charge in [0.25, 0.3) is 11.5 Å². The molecule has 0 saturated carbocycles. The molecule has 0 bridgehead atoms. The second-order valence-corrected chi connectivity index (χ2v) is 8.06. The zero-order valence-electron chi connectivity index (χ0n) is 18.2. The van der Waals surface area contributed by atoms with Crippen LogP contribution >= 0.6 is 0 Å². The third-order valence-corrected chi connectivity index (χ3v) is 5.64. The van der Waals surface area contributed by atoms with E-state index in [9.17, 15) is 9.59 Å². The molecule has 1 aromatic carbocycles. The van der Waals surface area contributed by atoms with Crippen LogP contribution in [-0.2, 0) is 7.05 Å². The molecule has 3 heterocycles. The van der Waals surface area contributed by atoms with Crippen molar-refractivity contribution < 1.29 is 4.79 Å². The Kier molecular flexibility index (Phi) is 5.23. The fraction of sp³-hybridized carbons (Fsp3) is 0.409. The van der Waals surface area contributed by atoms with E-state index < -0.39 is 0 Å². The molecule has 1 aliphatic heterocycles. The summed E-state index contributed by atoms with van der Waals surface area (Å²) in [6.07, 6.45) is 0. The maximum absolute atomic E-state index is 13.2. The number of carbonyl (C=O) groups excluding carboxylic acids is 1. The summed E-state index contributed by atoms with van der Waals surface area (Å²) in [5, 5.41) is 13.4. The summed E-state index contributed by atoms with van der Waals surface area (Å²) in [5.74, 6) is 0.520. The number of aromatic nitrogens is 4. The largest absolute Gasteiger partial charge is 0.339 e. The van der Waals surface area contributed by atoms with Crippen LogP contribution in [0.4, 0.5) is 5.95 Å². The molecule has 1 fully saturated rings. The topological polar surface area (TPSA) is 100 Å². The quantitative estimate of drug-likeness (QED) is 0.642. The van der Waals surface area contributed by atoms with Crippen LogP contribution in [0, 0.1) is 18.3 Å². The van der Waals surface area contributed by atoms with Crippen molar-refractivity contribution in [2.45, 2.75) is 26.8 Å². The molecule has 1 amide bonds. The van der Waals surface area contributed by atoms with Gasteiger partial charge in [0.1, 0.15) is 5.52 Å². The molecular formula is C22H25N7O2. The Morgan fingerprint density at radius 2 is 1.90 bits per heavy atom. The van der Waals surface area contributed by atoms with Crippen LogP contribution in [0.3, 0.4) is 0 Å². The first kappa shape index (κ1) is 20.6. The van der Waals surface area contributed by atoms with Gasteiger partial charge in [-0.25, -0.2) is 4.98 Å². The predicted molar refractivity (Wildman–Crippen MR) is 117 cm³/mol. The van der Waals surface area contributed by atoms with Gasteiger partial charge in [0, 0.05) is 44.8 Å². The van der Waals surface area contributed by atoms with Crippen LogP contribution in [-0.4, -0.2) is 56.3 Å².